The number of hydrazone groups is 1. The Kier molecular flexibility index (Phi) is 6.10. The molecule has 0 atom stereocenters. The summed E-state index contributed by atoms with van der Waals surface area (Å²) in [6.07, 6.45) is 2.21. The molecule has 7 heteroatoms. The van der Waals surface area contributed by atoms with Gasteiger partial charge in [-0.25, -0.2) is 10.4 Å². The largest absolute Gasteiger partial charge is 0.301 e. The monoisotopic (exact) mass is 330 g/mol. The van der Waals surface area contributed by atoms with Gasteiger partial charge in [-0.3, -0.25) is 9.59 Å². The smallest absolute Gasteiger partial charge is 0.254 e. The second-order valence-corrected chi connectivity index (χ2v) is 5.75. The number of aromatic nitrogens is 2. The van der Waals surface area contributed by atoms with Gasteiger partial charge < -0.3 is 4.98 Å². The van der Waals surface area contributed by atoms with Gasteiger partial charge >= 0.3 is 0 Å². The van der Waals surface area contributed by atoms with Crippen molar-refractivity contribution in [3.05, 3.63) is 57.5 Å². The lowest BCUT2D eigenvalue weighted by Gasteiger charge is -2.04. The zero-order valence-corrected chi connectivity index (χ0v) is 13.8. The van der Waals surface area contributed by atoms with Crippen LogP contribution in [0.1, 0.15) is 23.7 Å². The highest BCUT2D eigenvalue weighted by atomic mass is 32.2. The van der Waals surface area contributed by atoms with Crippen molar-refractivity contribution in [3.63, 3.8) is 0 Å². The van der Waals surface area contributed by atoms with E-state index in [2.05, 4.69) is 20.5 Å². The van der Waals surface area contributed by atoms with E-state index in [-0.39, 0.29) is 17.2 Å². The predicted molar refractivity (Wildman–Crippen MR) is 91.9 cm³/mol. The number of aryl methyl sites for hydroxylation is 1. The summed E-state index contributed by atoms with van der Waals surface area (Å²) in [4.78, 5) is 30.5. The van der Waals surface area contributed by atoms with E-state index in [1.807, 2.05) is 37.3 Å². The molecule has 2 N–H and O–H groups in total. The molecule has 0 aliphatic carbocycles. The maximum absolute atomic E-state index is 11.8. The average molecular weight is 330 g/mol. The molecule has 0 aliphatic heterocycles. The molecular weight excluding hydrogens is 312 g/mol. The summed E-state index contributed by atoms with van der Waals surface area (Å²) in [5.41, 5.74) is 4.56. The molecule has 0 saturated heterocycles. The van der Waals surface area contributed by atoms with Crippen LogP contribution in [-0.4, -0.2) is 27.8 Å². The fraction of sp³-hybridized carbons (Fsp3) is 0.250. The van der Waals surface area contributed by atoms with E-state index in [0.29, 0.717) is 22.8 Å². The van der Waals surface area contributed by atoms with Crippen molar-refractivity contribution < 1.29 is 4.79 Å². The second-order valence-electron chi connectivity index (χ2n) is 4.78. The topological polar surface area (TPSA) is 87.2 Å². The first-order valence-electron chi connectivity index (χ1n) is 7.19. The van der Waals surface area contributed by atoms with E-state index in [1.165, 1.54) is 11.8 Å². The number of thioether (sulfide) groups is 1. The third-order valence-corrected chi connectivity index (χ3v) is 3.97. The Hall–Kier alpha value is -2.41. The molecule has 0 fully saturated rings. The number of hydrogen-bond acceptors (Lipinski definition) is 5. The lowest BCUT2D eigenvalue weighted by atomic mass is 10.2. The summed E-state index contributed by atoms with van der Waals surface area (Å²) < 4.78 is 0. The number of amides is 1. The number of benzene rings is 1. The van der Waals surface area contributed by atoms with Crippen molar-refractivity contribution in [1.82, 2.24) is 15.4 Å². The Labute approximate surface area is 138 Å². The molecule has 23 heavy (non-hydrogen) atoms. The summed E-state index contributed by atoms with van der Waals surface area (Å²) in [5.74, 6) is -0.137. The number of aromatic amines is 1. The number of carbonyl (C=O) groups is 1. The van der Waals surface area contributed by atoms with Crippen molar-refractivity contribution in [2.24, 2.45) is 5.10 Å². The van der Waals surface area contributed by atoms with Gasteiger partial charge in [0.05, 0.1) is 12.0 Å². The molecule has 0 spiro atoms. The predicted octanol–water partition coefficient (Wildman–Crippen LogP) is 1.88. The highest BCUT2D eigenvalue weighted by Gasteiger charge is 2.08. The van der Waals surface area contributed by atoms with Crippen molar-refractivity contribution in [2.45, 2.75) is 25.4 Å². The average Bonchev–Trinajstić information content (AvgIpc) is 2.54. The Bertz CT molecular complexity index is 756. The molecular formula is C16H18N4O2S. The van der Waals surface area contributed by atoms with Crippen LogP contribution < -0.4 is 11.0 Å². The lowest BCUT2D eigenvalue weighted by Crippen LogP contribution is -2.21. The van der Waals surface area contributed by atoms with Crippen molar-refractivity contribution >= 4 is 23.9 Å². The summed E-state index contributed by atoms with van der Waals surface area (Å²) in [7, 11) is 0. The summed E-state index contributed by atoms with van der Waals surface area (Å²) >= 11 is 1.17. The van der Waals surface area contributed by atoms with Gasteiger partial charge in [-0.2, -0.15) is 5.10 Å². The molecule has 0 unspecified atom stereocenters. The standard InChI is InChI=1S/C16H18N4O2S/c1-3-13-11(2)18-16(19-15(13)22)23-10-14(21)20-17-9-12-7-5-4-6-8-12/h4-9H,3,10H2,1-2H3,(H,20,21)(H,18,19,22)/b17-9-. The zero-order valence-electron chi connectivity index (χ0n) is 13.0. The Morgan fingerprint density at radius 1 is 1.39 bits per heavy atom. The van der Waals surface area contributed by atoms with Crippen LogP contribution in [0.5, 0.6) is 0 Å². The van der Waals surface area contributed by atoms with E-state index in [4.69, 9.17) is 0 Å². The first-order chi connectivity index (χ1) is 11.1. The molecule has 0 saturated carbocycles. The van der Waals surface area contributed by atoms with Gasteiger partial charge in [0.2, 0.25) is 0 Å². The highest BCUT2D eigenvalue weighted by Crippen LogP contribution is 2.12. The summed E-state index contributed by atoms with van der Waals surface area (Å²) in [6, 6.07) is 9.47. The van der Waals surface area contributed by atoms with Gasteiger partial charge in [-0.1, -0.05) is 49.0 Å². The van der Waals surface area contributed by atoms with Gasteiger partial charge in [0, 0.05) is 11.3 Å². The van der Waals surface area contributed by atoms with Crippen molar-refractivity contribution in [1.29, 1.82) is 0 Å². The highest BCUT2D eigenvalue weighted by molar-refractivity contribution is 7.99. The number of rotatable bonds is 6. The fourth-order valence-electron chi connectivity index (χ4n) is 1.95. The minimum Gasteiger partial charge on any atom is -0.301 e. The Balaban J connectivity index is 1.87. The molecule has 0 radical (unpaired) electrons. The molecule has 1 amide bonds. The summed E-state index contributed by atoms with van der Waals surface area (Å²) in [5, 5.41) is 4.32. The number of carbonyl (C=O) groups excluding carboxylic acids is 1. The zero-order chi connectivity index (χ0) is 16.7. The number of nitrogens with one attached hydrogen (secondary N) is 2. The third kappa shape index (κ3) is 5.07. The van der Waals surface area contributed by atoms with Gasteiger partial charge in [-0.05, 0) is 18.9 Å². The van der Waals surface area contributed by atoms with Crippen LogP contribution in [0.25, 0.3) is 0 Å². The van der Waals surface area contributed by atoms with Crippen molar-refractivity contribution in [3.8, 4) is 0 Å². The molecule has 6 nitrogen and oxygen atoms in total. The van der Waals surface area contributed by atoms with Crippen LogP contribution in [0, 0.1) is 6.92 Å². The van der Waals surface area contributed by atoms with E-state index >= 15 is 0 Å². The summed E-state index contributed by atoms with van der Waals surface area (Å²) in [6.45, 7) is 3.70. The lowest BCUT2D eigenvalue weighted by molar-refractivity contribution is -0.118. The first kappa shape index (κ1) is 17.0. The van der Waals surface area contributed by atoms with E-state index < -0.39 is 0 Å². The number of H-pyrrole nitrogens is 1. The van der Waals surface area contributed by atoms with E-state index in [0.717, 1.165) is 5.56 Å². The maximum atomic E-state index is 11.8. The molecule has 2 aromatic rings. The number of nitrogens with zero attached hydrogens (tertiary/aromatic N) is 2. The third-order valence-electron chi connectivity index (χ3n) is 3.10. The fourth-order valence-corrected chi connectivity index (χ4v) is 2.65. The van der Waals surface area contributed by atoms with Crippen LogP contribution in [-0.2, 0) is 11.2 Å². The van der Waals surface area contributed by atoms with Gasteiger partial charge in [0.25, 0.3) is 11.5 Å². The quantitative estimate of drug-likeness (QED) is 0.366. The molecule has 1 aromatic carbocycles. The molecule has 120 valence electrons. The van der Waals surface area contributed by atoms with Gasteiger partial charge in [-0.15, -0.1) is 0 Å². The first-order valence-corrected chi connectivity index (χ1v) is 8.18. The second kappa shape index (κ2) is 8.28. The SMILES string of the molecule is CCc1c(C)nc(SCC(=O)N/N=C\c2ccccc2)[nH]c1=O. The molecule has 0 bridgehead atoms. The minimum absolute atomic E-state index is 0.125. The van der Waals surface area contributed by atoms with Crippen LogP contribution >= 0.6 is 11.8 Å². The van der Waals surface area contributed by atoms with Crippen LogP contribution in [0.15, 0.2) is 45.4 Å². The van der Waals surface area contributed by atoms with Gasteiger partial charge in [0.1, 0.15) is 0 Å². The van der Waals surface area contributed by atoms with Crippen LogP contribution in [0.3, 0.4) is 0 Å². The molecule has 1 aromatic heterocycles. The van der Waals surface area contributed by atoms with Gasteiger partial charge in [0.15, 0.2) is 5.16 Å². The minimum atomic E-state index is -0.262. The molecule has 0 aliphatic rings. The normalized spacial score (nSPS) is 10.9. The number of hydrogen-bond donors (Lipinski definition) is 2. The van der Waals surface area contributed by atoms with Crippen molar-refractivity contribution in [2.75, 3.05) is 5.75 Å². The van der Waals surface area contributed by atoms with Crippen LogP contribution in [0.4, 0.5) is 0 Å². The van der Waals surface area contributed by atoms with E-state index in [9.17, 15) is 9.59 Å². The Morgan fingerprint density at radius 2 is 2.13 bits per heavy atom. The van der Waals surface area contributed by atoms with Crippen LogP contribution in [0.2, 0.25) is 0 Å². The Morgan fingerprint density at radius 3 is 2.78 bits per heavy atom. The molecule has 1 heterocycles. The van der Waals surface area contributed by atoms with E-state index in [1.54, 1.807) is 13.1 Å². The maximum Gasteiger partial charge on any atom is 0.254 e. The molecule has 2 rings (SSSR count).